The van der Waals surface area contributed by atoms with Gasteiger partial charge in [-0.25, -0.2) is 33.6 Å². The number of benzene rings is 2. The molecule has 2 aromatic carbocycles. The summed E-state index contributed by atoms with van der Waals surface area (Å²) < 4.78 is 46.0. The molecular formula is C49H68N6O15. The van der Waals surface area contributed by atoms with Crippen molar-refractivity contribution in [3.8, 4) is 22.9 Å². The summed E-state index contributed by atoms with van der Waals surface area (Å²) in [5, 5.41) is 3.28. The molecule has 1 N–H and O–H groups in total. The Hall–Kier alpha value is -7.03. The third kappa shape index (κ3) is 14.5. The number of esters is 2. The summed E-state index contributed by atoms with van der Waals surface area (Å²) in [6, 6.07) is 13.7. The molecule has 4 aromatic rings. The Balaban J connectivity index is 0.000000243. The van der Waals surface area contributed by atoms with Gasteiger partial charge in [0, 0.05) is 25.7 Å². The molecule has 2 unspecified atom stereocenters. The third-order valence-electron chi connectivity index (χ3n) is 10.0. The van der Waals surface area contributed by atoms with Crippen LogP contribution < -0.4 is 26.2 Å². The fourth-order valence-electron chi connectivity index (χ4n) is 7.12. The molecule has 21 heteroatoms. The molecule has 0 radical (unpaired) electrons. The average Bonchev–Trinajstić information content (AvgIpc) is 3.71. The number of fused-ring (bicyclic) bond motifs is 2. The minimum Gasteiger partial charge on any atom is -0.497 e. The lowest BCUT2D eigenvalue weighted by Gasteiger charge is -2.35. The zero-order chi connectivity index (χ0) is 52.5. The number of methoxy groups -OCH3 is 2. The molecule has 0 bridgehead atoms. The van der Waals surface area contributed by atoms with Crippen LogP contribution >= 0.6 is 0 Å². The van der Waals surface area contributed by atoms with Gasteiger partial charge in [0.2, 0.25) is 0 Å². The van der Waals surface area contributed by atoms with Gasteiger partial charge in [-0.3, -0.25) is 23.2 Å². The molecule has 0 saturated heterocycles. The smallest absolute Gasteiger partial charge is 0.497 e. The van der Waals surface area contributed by atoms with Gasteiger partial charge in [-0.1, -0.05) is 0 Å². The Morgan fingerprint density at radius 3 is 1.39 bits per heavy atom. The summed E-state index contributed by atoms with van der Waals surface area (Å²) in [5.41, 5.74) is -0.0546. The summed E-state index contributed by atoms with van der Waals surface area (Å²) in [5.74, 6) is 0.199. The summed E-state index contributed by atoms with van der Waals surface area (Å²) >= 11 is 0. The number of carbonyl (C=O) groups is 5. The lowest BCUT2D eigenvalue weighted by Crippen LogP contribution is -2.48. The second-order valence-electron chi connectivity index (χ2n) is 19.2. The van der Waals surface area contributed by atoms with Crippen molar-refractivity contribution in [1.82, 2.24) is 28.5 Å². The van der Waals surface area contributed by atoms with E-state index < -0.39 is 47.1 Å². The van der Waals surface area contributed by atoms with Gasteiger partial charge in [-0.05, 0) is 139 Å². The summed E-state index contributed by atoms with van der Waals surface area (Å²) in [6.07, 6.45) is -2.61. The lowest BCUT2D eigenvalue weighted by molar-refractivity contribution is -0.0295. The molecule has 2 aromatic heterocycles. The van der Waals surface area contributed by atoms with Crippen molar-refractivity contribution in [3.05, 3.63) is 92.3 Å². The maximum atomic E-state index is 13.3. The largest absolute Gasteiger partial charge is 0.519 e. The number of hydrogen-bond donors (Lipinski definition) is 1. The van der Waals surface area contributed by atoms with Crippen LogP contribution in [0.5, 0.6) is 11.5 Å². The van der Waals surface area contributed by atoms with Crippen molar-refractivity contribution in [2.75, 3.05) is 27.4 Å². The molecular weight excluding hydrogens is 913 g/mol. The van der Waals surface area contributed by atoms with Gasteiger partial charge in [-0.15, -0.1) is 0 Å². The van der Waals surface area contributed by atoms with E-state index in [1.165, 1.54) is 18.6 Å². The number of imidazole rings is 2. The van der Waals surface area contributed by atoms with E-state index in [1.807, 2.05) is 13.8 Å². The standard InChI is InChI=1S/C22H29N3O6.C17H21N3O4.C10H18O5/c1-7-30-19(26)18-17-13-23(21(28)31-22(3,4)5)14(2)12-24(17)20(27)25(18)15-8-10-16(29-6)11-9-15;1-4-24-16(21)15-14-9-18-11(2)10-19(14)17(22)20(15)12-5-7-13(23-3)8-6-12;1-9(2,3)14-7(11)13-8(12)15-10(4,5)6/h8-11,14H,7,12-13H2,1-6H3;5-8,11,18H,4,9-10H2,1-3H3;1-6H3. The van der Waals surface area contributed by atoms with E-state index in [0.29, 0.717) is 47.4 Å². The number of amides is 1. The number of hydrogen-bond acceptors (Lipinski definition) is 16. The van der Waals surface area contributed by atoms with Gasteiger partial charge < -0.3 is 43.2 Å². The predicted octanol–water partition coefficient (Wildman–Crippen LogP) is 7.15. The Kier molecular flexibility index (Phi) is 18.3. The molecule has 0 saturated carbocycles. The van der Waals surface area contributed by atoms with Gasteiger partial charge in [0.05, 0.1) is 62.8 Å². The van der Waals surface area contributed by atoms with Crippen molar-refractivity contribution < 1.29 is 61.9 Å². The van der Waals surface area contributed by atoms with Crippen LogP contribution in [0.2, 0.25) is 0 Å². The molecule has 6 rings (SSSR count). The average molecular weight is 981 g/mol. The Labute approximate surface area is 407 Å². The van der Waals surface area contributed by atoms with E-state index >= 15 is 0 Å². The van der Waals surface area contributed by atoms with Crippen LogP contribution in [0.15, 0.2) is 58.1 Å². The molecule has 4 heterocycles. The van der Waals surface area contributed by atoms with E-state index in [1.54, 1.807) is 143 Å². The van der Waals surface area contributed by atoms with Crippen molar-refractivity contribution in [2.24, 2.45) is 0 Å². The third-order valence-corrected chi connectivity index (χ3v) is 10.0. The maximum absolute atomic E-state index is 13.3. The first-order valence-electron chi connectivity index (χ1n) is 22.8. The number of nitrogens with zero attached hydrogens (tertiary/aromatic N) is 5. The van der Waals surface area contributed by atoms with Gasteiger partial charge >= 0.3 is 41.7 Å². The molecule has 2 aliphatic heterocycles. The van der Waals surface area contributed by atoms with Gasteiger partial charge in [0.1, 0.15) is 28.3 Å². The number of rotatable bonds is 8. The molecule has 384 valence electrons. The monoisotopic (exact) mass is 980 g/mol. The van der Waals surface area contributed by atoms with Crippen LogP contribution in [0, 0.1) is 0 Å². The first-order chi connectivity index (χ1) is 32.6. The zero-order valence-corrected chi connectivity index (χ0v) is 42.9. The number of carbonyl (C=O) groups excluding carboxylic acids is 5. The van der Waals surface area contributed by atoms with Crippen LogP contribution in [-0.4, -0.2) is 110 Å². The highest BCUT2D eigenvalue weighted by Gasteiger charge is 2.37. The van der Waals surface area contributed by atoms with Crippen molar-refractivity contribution in [3.63, 3.8) is 0 Å². The quantitative estimate of drug-likeness (QED) is 0.105. The minimum absolute atomic E-state index is 0.0582. The van der Waals surface area contributed by atoms with Gasteiger partial charge in [-0.2, -0.15) is 0 Å². The molecule has 2 atom stereocenters. The van der Waals surface area contributed by atoms with Crippen LogP contribution in [0.1, 0.15) is 122 Å². The number of ether oxygens (including phenoxy) is 8. The Bertz CT molecular complexity index is 2580. The van der Waals surface area contributed by atoms with Gasteiger partial charge in [0.15, 0.2) is 11.4 Å². The van der Waals surface area contributed by atoms with Crippen LogP contribution in [0.3, 0.4) is 0 Å². The highest BCUT2D eigenvalue weighted by Crippen LogP contribution is 2.26. The summed E-state index contributed by atoms with van der Waals surface area (Å²) in [6.45, 7) is 24.4. The molecule has 0 aliphatic carbocycles. The van der Waals surface area contributed by atoms with E-state index in [9.17, 15) is 33.6 Å². The van der Waals surface area contributed by atoms with Crippen molar-refractivity contribution in [1.29, 1.82) is 0 Å². The SMILES string of the molecule is CC(C)(C)OC(=O)OC(=O)OC(C)(C)C.CCOC(=O)c1c2n(c(=O)n1-c1ccc(OC)cc1)CC(C)N(C(=O)OC(C)(C)C)C2.CCOC(=O)c1c2n(c(=O)n1-c1ccc(OC)cc1)CC(C)NC2. The first-order valence-corrected chi connectivity index (χ1v) is 22.8. The van der Waals surface area contributed by atoms with Crippen molar-refractivity contribution >= 4 is 30.3 Å². The number of nitrogens with one attached hydrogen (secondary N) is 1. The van der Waals surface area contributed by atoms with Crippen LogP contribution in [0.25, 0.3) is 11.4 Å². The van der Waals surface area contributed by atoms with E-state index in [-0.39, 0.29) is 61.2 Å². The van der Waals surface area contributed by atoms with Gasteiger partial charge in [0.25, 0.3) is 0 Å². The zero-order valence-electron chi connectivity index (χ0n) is 42.9. The predicted molar refractivity (Wildman–Crippen MR) is 256 cm³/mol. The highest BCUT2D eigenvalue weighted by molar-refractivity contribution is 5.90. The fraction of sp³-hybridized carbons (Fsp3) is 0.531. The summed E-state index contributed by atoms with van der Waals surface area (Å²) in [7, 11) is 3.13. The molecule has 70 heavy (non-hydrogen) atoms. The van der Waals surface area contributed by atoms with Crippen LogP contribution in [0.4, 0.5) is 14.4 Å². The van der Waals surface area contributed by atoms with E-state index in [4.69, 9.17) is 33.2 Å². The molecule has 1 amide bonds. The van der Waals surface area contributed by atoms with Crippen LogP contribution in [-0.2, 0) is 54.6 Å². The second-order valence-corrected chi connectivity index (χ2v) is 19.2. The first kappa shape index (κ1) is 55.6. The molecule has 21 nitrogen and oxygen atoms in total. The topological polar surface area (TPSA) is 228 Å². The molecule has 2 aliphatic rings. The fourth-order valence-corrected chi connectivity index (χ4v) is 7.12. The molecule has 0 fully saturated rings. The second kappa shape index (κ2) is 23.1. The normalized spacial score (nSPS) is 15.3. The maximum Gasteiger partial charge on any atom is 0.519 e. The highest BCUT2D eigenvalue weighted by atomic mass is 16.8. The summed E-state index contributed by atoms with van der Waals surface area (Å²) in [4.78, 5) is 87.9. The Morgan fingerprint density at radius 1 is 0.600 bits per heavy atom. The van der Waals surface area contributed by atoms with E-state index in [2.05, 4.69) is 10.1 Å². The lowest BCUT2D eigenvalue weighted by atomic mass is 10.1. The number of aromatic nitrogens is 4. The Morgan fingerprint density at radius 2 is 1.00 bits per heavy atom. The van der Waals surface area contributed by atoms with E-state index in [0.717, 1.165) is 0 Å². The molecule has 0 spiro atoms. The van der Waals surface area contributed by atoms with Crippen molar-refractivity contribution in [2.45, 2.75) is 145 Å². The minimum atomic E-state index is -1.06.